The predicted molar refractivity (Wildman–Crippen MR) is 77.7 cm³/mol. The Labute approximate surface area is 123 Å². The van der Waals surface area contributed by atoms with E-state index in [1.807, 2.05) is 5.43 Å². The summed E-state index contributed by atoms with van der Waals surface area (Å²) in [6.07, 6.45) is 7.12. The van der Waals surface area contributed by atoms with Crippen LogP contribution in [0, 0.1) is 17.6 Å². The molecule has 0 saturated heterocycles. The van der Waals surface area contributed by atoms with Gasteiger partial charge in [0.2, 0.25) is 0 Å². The normalized spacial score (nSPS) is 15.8. The number of halogens is 2. The van der Waals surface area contributed by atoms with Gasteiger partial charge in [0, 0.05) is 12.1 Å². The van der Waals surface area contributed by atoms with Gasteiger partial charge in [0.05, 0.1) is 0 Å². The Morgan fingerprint density at radius 1 is 1.19 bits per heavy atom. The van der Waals surface area contributed by atoms with Crippen molar-refractivity contribution < 1.29 is 13.6 Å². The standard InChI is InChI=1S/C15H21F2N3O/c16-12-8-11(9-13(17)14(12)20-18)15(21)19-7-6-10-4-2-1-3-5-10/h8-10,20H,1-7,18H2,(H,19,21). The minimum Gasteiger partial charge on any atom is -0.352 e. The molecule has 1 fully saturated rings. The predicted octanol–water partition coefficient (Wildman–Crippen LogP) is 2.95. The van der Waals surface area contributed by atoms with Crippen LogP contribution in [-0.4, -0.2) is 12.5 Å². The first-order chi connectivity index (χ1) is 10.1. The van der Waals surface area contributed by atoms with Crippen LogP contribution in [-0.2, 0) is 0 Å². The zero-order chi connectivity index (χ0) is 15.2. The Morgan fingerprint density at radius 3 is 2.38 bits per heavy atom. The fourth-order valence-electron chi connectivity index (χ4n) is 2.81. The van der Waals surface area contributed by atoms with Crippen LogP contribution in [0.2, 0.25) is 0 Å². The lowest BCUT2D eigenvalue weighted by atomic mass is 9.87. The van der Waals surface area contributed by atoms with E-state index in [0.29, 0.717) is 12.5 Å². The van der Waals surface area contributed by atoms with Crippen molar-refractivity contribution in [1.29, 1.82) is 0 Å². The molecule has 0 radical (unpaired) electrons. The summed E-state index contributed by atoms with van der Waals surface area (Å²) in [6, 6.07) is 1.96. The molecular formula is C15H21F2N3O. The number of nitrogen functional groups attached to an aromatic ring is 1. The molecule has 4 N–H and O–H groups in total. The van der Waals surface area contributed by atoms with Gasteiger partial charge in [-0.05, 0) is 24.5 Å². The number of amides is 1. The van der Waals surface area contributed by atoms with Crippen molar-refractivity contribution in [2.24, 2.45) is 11.8 Å². The third-order valence-corrected chi connectivity index (χ3v) is 4.01. The molecule has 1 aliphatic rings. The molecule has 1 aliphatic carbocycles. The molecule has 0 aliphatic heterocycles. The highest BCUT2D eigenvalue weighted by Gasteiger charge is 2.16. The summed E-state index contributed by atoms with van der Waals surface area (Å²) in [4.78, 5) is 11.9. The SMILES string of the molecule is NNc1c(F)cc(C(=O)NCCC2CCCCC2)cc1F. The van der Waals surface area contributed by atoms with Gasteiger partial charge < -0.3 is 10.7 Å². The van der Waals surface area contributed by atoms with Gasteiger partial charge in [-0.1, -0.05) is 32.1 Å². The highest BCUT2D eigenvalue weighted by atomic mass is 19.1. The van der Waals surface area contributed by atoms with Crippen molar-refractivity contribution in [2.75, 3.05) is 12.0 Å². The Morgan fingerprint density at radius 2 is 1.81 bits per heavy atom. The van der Waals surface area contributed by atoms with Crippen molar-refractivity contribution in [3.05, 3.63) is 29.3 Å². The Bertz CT molecular complexity index is 479. The lowest BCUT2D eigenvalue weighted by molar-refractivity contribution is 0.0949. The summed E-state index contributed by atoms with van der Waals surface area (Å²) in [6.45, 7) is 0.531. The highest BCUT2D eigenvalue weighted by Crippen LogP contribution is 2.25. The third kappa shape index (κ3) is 4.14. The number of hydrazine groups is 1. The van der Waals surface area contributed by atoms with Gasteiger partial charge in [-0.25, -0.2) is 8.78 Å². The Kier molecular flexibility index (Phi) is 5.50. The maximum Gasteiger partial charge on any atom is 0.251 e. The van der Waals surface area contributed by atoms with Crippen molar-refractivity contribution in [2.45, 2.75) is 38.5 Å². The van der Waals surface area contributed by atoms with E-state index in [2.05, 4.69) is 5.32 Å². The summed E-state index contributed by atoms with van der Waals surface area (Å²) in [5.74, 6) is 3.43. The lowest BCUT2D eigenvalue weighted by Gasteiger charge is -2.21. The van der Waals surface area contributed by atoms with E-state index in [4.69, 9.17) is 5.84 Å². The molecule has 0 bridgehead atoms. The van der Waals surface area contributed by atoms with E-state index >= 15 is 0 Å². The Balaban J connectivity index is 1.88. The molecule has 1 aromatic carbocycles. The number of nitrogens with one attached hydrogen (secondary N) is 2. The molecule has 0 spiro atoms. The minimum absolute atomic E-state index is 0.0346. The van der Waals surface area contributed by atoms with Gasteiger partial charge in [-0.3, -0.25) is 10.6 Å². The van der Waals surface area contributed by atoms with E-state index < -0.39 is 23.2 Å². The molecule has 4 nitrogen and oxygen atoms in total. The number of carbonyl (C=O) groups excluding carboxylic acids is 1. The zero-order valence-corrected chi connectivity index (χ0v) is 11.9. The first kappa shape index (κ1) is 15.7. The molecular weight excluding hydrogens is 276 g/mol. The van der Waals surface area contributed by atoms with Crippen molar-refractivity contribution in [3.8, 4) is 0 Å². The van der Waals surface area contributed by atoms with Crippen molar-refractivity contribution in [3.63, 3.8) is 0 Å². The van der Waals surface area contributed by atoms with Gasteiger partial charge in [-0.15, -0.1) is 0 Å². The second kappa shape index (κ2) is 7.36. The largest absolute Gasteiger partial charge is 0.352 e. The van der Waals surface area contributed by atoms with Crippen LogP contribution in [0.4, 0.5) is 14.5 Å². The molecule has 6 heteroatoms. The van der Waals surface area contributed by atoms with E-state index in [9.17, 15) is 13.6 Å². The second-order valence-electron chi connectivity index (χ2n) is 5.51. The monoisotopic (exact) mass is 297 g/mol. The van der Waals surface area contributed by atoms with E-state index in [1.54, 1.807) is 0 Å². The number of hydrogen-bond donors (Lipinski definition) is 3. The van der Waals surface area contributed by atoms with E-state index in [1.165, 1.54) is 32.1 Å². The number of benzene rings is 1. The molecule has 2 rings (SSSR count). The van der Waals surface area contributed by atoms with Gasteiger partial charge in [0.1, 0.15) is 5.69 Å². The summed E-state index contributed by atoms with van der Waals surface area (Å²) >= 11 is 0. The van der Waals surface area contributed by atoms with Gasteiger partial charge in [0.15, 0.2) is 11.6 Å². The first-order valence-electron chi connectivity index (χ1n) is 7.35. The molecule has 0 aromatic heterocycles. The smallest absolute Gasteiger partial charge is 0.251 e. The average molecular weight is 297 g/mol. The summed E-state index contributed by atoms with van der Waals surface area (Å²) < 4.78 is 27.0. The topological polar surface area (TPSA) is 67.1 Å². The summed E-state index contributed by atoms with van der Waals surface area (Å²) in [5.41, 5.74) is 1.46. The van der Waals surface area contributed by atoms with Crippen LogP contribution in [0.1, 0.15) is 48.9 Å². The Hall–Kier alpha value is -1.69. The number of hydrogen-bond acceptors (Lipinski definition) is 3. The van der Waals surface area contributed by atoms with Crippen LogP contribution >= 0.6 is 0 Å². The van der Waals surface area contributed by atoms with Crippen molar-refractivity contribution >= 4 is 11.6 Å². The molecule has 1 amide bonds. The molecule has 1 aromatic rings. The van der Waals surface area contributed by atoms with E-state index in [0.717, 1.165) is 18.6 Å². The average Bonchev–Trinajstić information content (AvgIpc) is 2.48. The lowest BCUT2D eigenvalue weighted by Crippen LogP contribution is -2.27. The number of anilines is 1. The molecule has 0 atom stereocenters. The molecule has 116 valence electrons. The molecule has 0 heterocycles. The fraction of sp³-hybridized carbons (Fsp3) is 0.533. The zero-order valence-electron chi connectivity index (χ0n) is 11.9. The number of rotatable bonds is 5. The molecule has 21 heavy (non-hydrogen) atoms. The van der Waals surface area contributed by atoms with Crippen LogP contribution in [0.3, 0.4) is 0 Å². The summed E-state index contributed by atoms with van der Waals surface area (Å²) in [7, 11) is 0. The van der Waals surface area contributed by atoms with Gasteiger partial charge >= 0.3 is 0 Å². The summed E-state index contributed by atoms with van der Waals surface area (Å²) in [5, 5.41) is 2.71. The van der Waals surface area contributed by atoms with Crippen LogP contribution in [0.15, 0.2) is 12.1 Å². The first-order valence-corrected chi connectivity index (χ1v) is 7.35. The quantitative estimate of drug-likeness (QED) is 0.578. The minimum atomic E-state index is -0.880. The van der Waals surface area contributed by atoms with Crippen LogP contribution in [0.5, 0.6) is 0 Å². The number of nitrogens with two attached hydrogens (primary N) is 1. The maximum absolute atomic E-state index is 13.5. The molecule has 0 unspecified atom stereocenters. The van der Waals surface area contributed by atoms with Crippen LogP contribution in [0.25, 0.3) is 0 Å². The van der Waals surface area contributed by atoms with E-state index in [-0.39, 0.29) is 5.56 Å². The van der Waals surface area contributed by atoms with Gasteiger partial charge in [0.25, 0.3) is 5.91 Å². The highest BCUT2D eigenvalue weighted by molar-refractivity contribution is 5.94. The van der Waals surface area contributed by atoms with Crippen molar-refractivity contribution in [1.82, 2.24) is 5.32 Å². The fourth-order valence-corrected chi connectivity index (χ4v) is 2.81. The maximum atomic E-state index is 13.5. The number of carbonyl (C=O) groups is 1. The second-order valence-corrected chi connectivity index (χ2v) is 5.51. The molecule has 1 saturated carbocycles. The van der Waals surface area contributed by atoms with Gasteiger partial charge in [-0.2, -0.15) is 0 Å². The third-order valence-electron chi connectivity index (χ3n) is 4.01. The van der Waals surface area contributed by atoms with Crippen LogP contribution < -0.4 is 16.6 Å².